The Hall–Kier alpha value is -1.64. The molecule has 1 atom stereocenters. The average Bonchev–Trinajstić information content (AvgIpc) is 2.44. The molecule has 0 aliphatic heterocycles. The van der Waals surface area contributed by atoms with E-state index in [1.165, 1.54) is 37.8 Å². The van der Waals surface area contributed by atoms with E-state index in [-0.39, 0.29) is 5.78 Å². The van der Waals surface area contributed by atoms with Crippen molar-refractivity contribution in [3.63, 3.8) is 0 Å². The molecule has 2 rings (SSSR count). The highest BCUT2D eigenvalue weighted by molar-refractivity contribution is 6.12. The van der Waals surface area contributed by atoms with Crippen LogP contribution in [0.15, 0.2) is 34.9 Å². The van der Waals surface area contributed by atoms with Crippen LogP contribution >= 0.6 is 0 Å². The number of aliphatic carboxylic acids is 1. The van der Waals surface area contributed by atoms with Crippen LogP contribution in [-0.2, 0) is 9.59 Å². The lowest BCUT2D eigenvalue weighted by atomic mass is 9.78. The Morgan fingerprint density at radius 1 is 1.30 bits per heavy atom. The SMILES string of the molecule is CCCCCCC1C=C2C(=O)C=CC(C(=O)O)=C2CC1. The van der Waals surface area contributed by atoms with E-state index in [4.69, 9.17) is 0 Å². The van der Waals surface area contributed by atoms with Gasteiger partial charge in [-0.2, -0.15) is 0 Å². The van der Waals surface area contributed by atoms with E-state index in [0.717, 1.165) is 18.4 Å². The molecule has 0 aromatic rings. The van der Waals surface area contributed by atoms with Crippen molar-refractivity contribution in [2.24, 2.45) is 5.92 Å². The Bertz CT molecular complexity index is 494. The number of rotatable bonds is 6. The predicted octanol–water partition coefficient (Wildman–Crippen LogP) is 3.81. The third kappa shape index (κ3) is 3.27. The van der Waals surface area contributed by atoms with Crippen molar-refractivity contribution in [2.75, 3.05) is 0 Å². The molecule has 20 heavy (non-hydrogen) atoms. The number of allylic oxidation sites excluding steroid dienone is 4. The summed E-state index contributed by atoms with van der Waals surface area (Å²) in [4.78, 5) is 23.1. The Labute approximate surface area is 120 Å². The monoisotopic (exact) mass is 274 g/mol. The van der Waals surface area contributed by atoms with Gasteiger partial charge in [-0.1, -0.05) is 38.7 Å². The molecule has 0 saturated carbocycles. The summed E-state index contributed by atoms with van der Waals surface area (Å²) in [5.74, 6) is -0.546. The van der Waals surface area contributed by atoms with Crippen molar-refractivity contribution >= 4 is 11.8 Å². The number of hydrogen-bond acceptors (Lipinski definition) is 2. The Balaban J connectivity index is 2.09. The van der Waals surface area contributed by atoms with Gasteiger partial charge in [-0.05, 0) is 42.9 Å². The Morgan fingerprint density at radius 3 is 2.80 bits per heavy atom. The van der Waals surface area contributed by atoms with Crippen LogP contribution < -0.4 is 0 Å². The molecule has 1 N–H and O–H groups in total. The van der Waals surface area contributed by atoms with Gasteiger partial charge in [0, 0.05) is 5.57 Å². The number of carboxylic acid groups (broad SMARTS) is 1. The zero-order valence-electron chi connectivity index (χ0n) is 12.0. The number of carboxylic acids is 1. The number of hydrogen-bond donors (Lipinski definition) is 1. The fourth-order valence-corrected chi connectivity index (χ4v) is 3.01. The topological polar surface area (TPSA) is 54.4 Å². The van der Waals surface area contributed by atoms with Crippen molar-refractivity contribution in [1.82, 2.24) is 0 Å². The van der Waals surface area contributed by atoms with E-state index in [9.17, 15) is 14.7 Å². The minimum atomic E-state index is -0.934. The fourth-order valence-electron chi connectivity index (χ4n) is 3.01. The van der Waals surface area contributed by atoms with Crippen LogP contribution in [0.25, 0.3) is 0 Å². The molecule has 0 amide bonds. The molecule has 0 radical (unpaired) electrons. The largest absolute Gasteiger partial charge is 0.478 e. The van der Waals surface area contributed by atoms with Gasteiger partial charge in [-0.15, -0.1) is 0 Å². The van der Waals surface area contributed by atoms with E-state index in [2.05, 4.69) is 6.92 Å². The lowest BCUT2D eigenvalue weighted by molar-refractivity contribution is -0.132. The lowest BCUT2D eigenvalue weighted by Crippen LogP contribution is -2.19. The number of unbranched alkanes of at least 4 members (excludes halogenated alkanes) is 3. The molecule has 0 saturated heterocycles. The summed E-state index contributed by atoms with van der Waals surface area (Å²) in [5, 5.41) is 9.18. The number of ketones is 1. The molecule has 0 heterocycles. The zero-order valence-corrected chi connectivity index (χ0v) is 12.0. The molecule has 108 valence electrons. The first-order valence-corrected chi connectivity index (χ1v) is 7.54. The second kappa shape index (κ2) is 6.69. The van der Waals surface area contributed by atoms with Gasteiger partial charge in [0.05, 0.1) is 5.57 Å². The summed E-state index contributed by atoms with van der Waals surface area (Å²) in [7, 11) is 0. The van der Waals surface area contributed by atoms with Gasteiger partial charge in [0.25, 0.3) is 0 Å². The van der Waals surface area contributed by atoms with E-state index < -0.39 is 5.97 Å². The van der Waals surface area contributed by atoms with Crippen LogP contribution in [0, 0.1) is 5.92 Å². The number of fused-ring (bicyclic) bond motifs is 1. The molecule has 3 nitrogen and oxygen atoms in total. The number of carbonyl (C=O) groups is 2. The van der Waals surface area contributed by atoms with Crippen LogP contribution in [0.5, 0.6) is 0 Å². The summed E-state index contributed by atoms with van der Waals surface area (Å²) in [6.07, 6.45) is 12.5. The van der Waals surface area contributed by atoms with Crippen molar-refractivity contribution in [3.05, 3.63) is 34.9 Å². The van der Waals surface area contributed by atoms with E-state index in [0.29, 0.717) is 23.5 Å². The normalized spacial score (nSPS) is 21.8. The van der Waals surface area contributed by atoms with Gasteiger partial charge in [0.15, 0.2) is 5.78 Å². The molecule has 0 aromatic carbocycles. The first-order chi connectivity index (χ1) is 9.63. The van der Waals surface area contributed by atoms with Gasteiger partial charge >= 0.3 is 5.97 Å². The average molecular weight is 274 g/mol. The molecule has 0 aromatic heterocycles. The highest BCUT2D eigenvalue weighted by Crippen LogP contribution is 2.35. The maximum Gasteiger partial charge on any atom is 0.335 e. The molecular weight excluding hydrogens is 252 g/mol. The van der Waals surface area contributed by atoms with E-state index in [1.54, 1.807) is 0 Å². The van der Waals surface area contributed by atoms with Crippen LogP contribution in [0.3, 0.4) is 0 Å². The summed E-state index contributed by atoms with van der Waals surface area (Å²) in [5.41, 5.74) is 1.66. The van der Waals surface area contributed by atoms with Crippen LogP contribution in [0.4, 0.5) is 0 Å². The number of carbonyl (C=O) groups excluding carboxylic acids is 1. The summed E-state index contributed by atoms with van der Waals surface area (Å²) < 4.78 is 0. The maximum absolute atomic E-state index is 11.9. The van der Waals surface area contributed by atoms with E-state index >= 15 is 0 Å². The van der Waals surface area contributed by atoms with Gasteiger partial charge in [-0.25, -0.2) is 4.79 Å². The third-order valence-electron chi connectivity index (χ3n) is 4.14. The summed E-state index contributed by atoms with van der Waals surface area (Å²) >= 11 is 0. The highest BCUT2D eigenvalue weighted by atomic mass is 16.4. The molecule has 0 bridgehead atoms. The first kappa shape index (κ1) is 14.8. The molecule has 0 fully saturated rings. The van der Waals surface area contributed by atoms with Crippen molar-refractivity contribution in [2.45, 2.75) is 51.9 Å². The quantitative estimate of drug-likeness (QED) is 0.749. The lowest BCUT2D eigenvalue weighted by Gasteiger charge is -2.25. The second-order valence-electron chi connectivity index (χ2n) is 5.62. The highest BCUT2D eigenvalue weighted by Gasteiger charge is 2.28. The third-order valence-corrected chi connectivity index (χ3v) is 4.14. The fraction of sp³-hybridized carbons (Fsp3) is 0.529. The van der Waals surface area contributed by atoms with Gasteiger partial charge < -0.3 is 5.11 Å². The zero-order chi connectivity index (χ0) is 14.5. The minimum absolute atomic E-state index is 0.0386. The Morgan fingerprint density at radius 2 is 2.10 bits per heavy atom. The van der Waals surface area contributed by atoms with Crippen molar-refractivity contribution in [3.8, 4) is 0 Å². The van der Waals surface area contributed by atoms with Gasteiger partial charge in [0.1, 0.15) is 0 Å². The standard InChI is InChI=1S/C17H22O3/c1-2-3-4-5-6-12-7-8-13-14(17(19)20)9-10-16(18)15(13)11-12/h9-12H,2-8H2,1H3,(H,19,20). The first-order valence-electron chi connectivity index (χ1n) is 7.54. The predicted molar refractivity (Wildman–Crippen MR) is 78.4 cm³/mol. The molecule has 1 unspecified atom stereocenters. The van der Waals surface area contributed by atoms with Gasteiger partial charge in [0.2, 0.25) is 0 Å². The van der Waals surface area contributed by atoms with Crippen LogP contribution in [0.2, 0.25) is 0 Å². The van der Waals surface area contributed by atoms with Crippen LogP contribution in [-0.4, -0.2) is 16.9 Å². The second-order valence-corrected chi connectivity index (χ2v) is 5.62. The maximum atomic E-state index is 11.9. The van der Waals surface area contributed by atoms with Gasteiger partial charge in [-0.3, -0.25) is 4.79 Å². The molecular formula is C17H22O3. The summed E-state index contributed by atoms with van der Waals surface area (Å²) in [6.45, 7) is 2.19. The van der Waals surface area contributed by atoms with Crippen LogP contribution in [0.1, 0.15) is 51.9 Å². The van der Waals surface area contributed by atoms with E-state index in [1.807, 2.05) is 6.08 Å². The molecule has 2 aliphatic rings. The van der Waals surface area contributed by atoms with Crippen molar-refractivity contribution < 1.29 is 14.7 Å². The molecule has 2 aliphatic carbocycles. The Kier molecular flexibility index (Phi) is 4.94. The minimum Gasteiger partial charge on any atom is -0.478 e. The molecule has 0 spiro atoms. The smallest absolute Gasteiger partial charge is 0.335 e. The van der Waals surface area contributed by atoms with Crippen molar-refractivity contribution in [1.29, 1.82) is 0 Å². The molecule has 3 heteroatoms. The summed E-state index contributed by atoms with van der Waals surface area (Å²) in [6, 6.07) is 0.